The van der Waals surface area contributed by atoms with E-state index in [4.69, 9.17) is 5.26 Å². The fraction of sp³-hybridized carbons (Fsp3) is 0.778. The van der Waals surface area contributed by atoms with Crippen molar-refractivity contribution in [2.24, 2.45) is 5.92 Å². The molecule has 1 rings (SSSR count). The van der Waals surface area contributed by atoms with Gasteiger partial charge in [0.15, 0.2) is 0 Å². The van der Waals surface area contributed by atoms with Crippen LogP contribution in [0.15, 0.2) is 0 Å². The van der Waals surface area contributed by atoms with Crippen LogP contribution in [0.3, 0.4) is 0 Å². The van der Waals surface area contributed by atoms with Crippen LogP contribution < -0.4 is 5.32 Å². The molecule has 1 fully saturated rings. The molecular weight excluding hydrogens is 152 g/mol. The van der Waals surface area contributed by atoms with Gasteiger partial charge >= 0.3 is 0 Å². The number of carbonyl (C=O) groups is 1. The zero-order valence-electron chi connectivity index (χ0n) is 7.34. The standard InChI is InChI=1S/C9H14N2O/c1-7(5-6-10)11-9(12)8-3-2-4-8/h7-8H,2-5H2,1H3,(H,11,12). The zero-order chi connectivity index (χ0) is 8.97. The smallest absolute Gasteiger partial charge is 0.223 e. The van der Waals surface area contributed by atoms with Gasteiger partial charge in [-0.25, -0.2) is 0 Å². The monoisotopic (exact) mass is 166 g/mol. The molecule has 0 heterocycles. The van der Waals surface area contributed by atoms with E-state index in [-0.39, 0.29) is 17.9 Å². The maximum Gasteiger partial charge on any atom is 0.223 e. The summed E-state index contributed by atoms with van der Waals surface area (Å²) in [7, 11) is 0. The van der Waals surface area contributed by atoms with Crippen LogP contribution in [0.5, 0.6) is 0 Å². The number of nitrogens with one attached hydrogen (secondary N) is 1. The van der Waals surface area contributed by atoms with Crippen molar-refractivity contribution in [2.45, 2.75) is 38.6 Å². The van der Waals surface area contributed by atoms with Gasteiger partial charge in [0, 0.05) is 12.0 Å². The number of hydrogen-bond acceptors (Lipinski definition) is 2. The molecule has 1 saturated carbocycles. The highest BCUT2D eigenvalue weighted by molar-refractivity contribution is 5.79. The molecule has 1 aliphatic rings. The molecule has 1 atom stereocenters. The molecule has 66 valence electrons. The maximum atomic E-state index is 11.3. The highest BCUT2D eigenvalue weighted by Crippen LogP contribution is 2.26. The van der Waals surface area contributed by atoms with Crippen molar-refractivity contribution < 1.29 is 4.79 Å². The van der Waals surface area contributed by atoms with Gasteiger partial charge in [0.25, 0.3) is 0 Å². The van der Waals surface area contributed by atoms with Gasteiger partial charge < -0.3 is 5.32 Å². The summed E-state index contributed by atoms with van der Waals surface area (Å²) in [6, 6.07) is 2.04. The van der Waals surface area contributed by atoms with Gasteiger partial charge in [-0.2, -0.15) is 5.26 Å². The predicted octanol–water partition coefficient (Wildman–Crippen LogP) is 1.20. The third kappa shape index (κ3) is 2.23. The Hall–Kier alpha value is -1.04. The minimum Gasteiger partial charge on any atom is -0.352 e. The minimum atomic E-state index is 0.00287. The average Bonchev–Trinajstić information content (AvgIpc) is 1.82. The van der Waals surface area contributed by atoms with Crippen LogP contribution in [-0.2, 0) is 4.79 Å². The molecule has 1 N–H and O–H groups in total. The first-order valence-electron chi connectivity index (χ1n) is 4.41. The fourth-order valence-electron chi connectivity index (χ4n) is 1.22. The van der Waals surface area contributed by atoms with Crippen molar-refractivity contribution in [3.8, 4) is 6.07 Å². The number of amides is 1. The second kappa shape index (κ2) is 4.10. The molecule has 0 bridgehead atoms. The molecule has 0 radical (unpaired) electrons. The Morgan fingerprint density at radius 3 is 2.83 bits per heavy atom. The normalized spacial score (nSPS) is 19.0. The molecule has 0 saturated heterocycles. The van der Waals surface area contributed by atoms with Crippen molar-refractivity contribution in [1.29, 1.82) is 5.26 Å². The largest absolute Gasteiger partial charge is 0.352 e. The van der Waals surface area contributed by atoms with Gasteiger partial charge in [-0.05, 0) is 19.8 Å². The Balaban J connectivity index is 2.21. The van der Waals surface area contributed by atoms with Crippen LogP contribution in [0.4, 0.5) is 0 Å². The Morgan fingerprint density at radius 2 is 2.42 bits per heavy atom. The minimum absolute atomic E-state index is 0.00287. The van der Waals surface area contributed by atoms with E-state index in [0.29, 0.717) is 6.42 Å². The highest BCUT2D eigenvalue weighted by Gasteiger charge is 2.25. The molecule has 1 unspecified atom stereocenters. The van der Waals surface area contributed by atoms with E-state index in [1.165, 1.54) is 6.42 Å². The lowest BCUT2D eigenvalue weighted by atomic mass is 9.84. The first kappa shape index (κ1) is 9.05. The Kier molecular flexibility index (Phi) is 3.09. The quantitative estimate of drug-likeness (QED) is 0.685. The third-order valence-electron chi connectivity index (χ3n) is 2.26. The summed E-state index contributed by atoms with van der Waals surface area (Å²) >= 11 is 0. The molecule has 1 aliphatic carbocycles. The van der Waals surface area contributed by atoms with Crippen molar-refractivity contribution in [1.82, 2.24) is 5.32 Å². The van der Waals surface area contributed by atoms with Crippen LogP contribution >= 0.6 is 0 Å². The van der Waals surface area contributed by atoms with Crippen molar-refractivity contribution in [3.05, 3.63) is 0 Å². The Labute approximate surface area is 72.8 Å². The average molecular weight is 166 g/mol. The number of nitriles is 1. The number of carbonyl (C=O) groups excluding carboxylic acids is 1. The summed E-state index contributed by atoms with van der Waals surface area (Å²) in [5.41, 5.74) is 0. The zero-order valence-corrected chi connectivity index (χ0v) is 7.34. The van der Waals surface area contributed by atoms with Crippen LogP contribution in [0, 0.1) is 17.2 Å². The number of hydrogen-bond donors (Lipinski definition) is 1. The van der Waals surface area contributed by atoms with Gasteiger partial charge in [-0.15, -0.1) is 0 Å². The topological polar surface area (TPSA) is 52.9 Å². The lowest BCUT2D eigenvalue weighted by Gasteiger charge is -2.25. The van der Waals surface area contributed by atoms with Crippen molar-refractivity contribution in [2.75, 3.05) is 0 Å². The second-order valence-corrected chi connectivity index (χ2v) is 3.40. The Morgan fingerprint density at radius 1 is 1.75 bits per heavy atom. The van der Waals surface area contributed by atoms with Gasteiger partial charge in [0.05, 0.1) is 12.5 Å². The van der Waals surface area contributed by atoms with Gasteiger partial charge in [-0.3, -0.25) is 4.79 Å². The first-order valence-corrected chi connectivity index (χ1v) is 4.41. The van der Waals surface area contributed by atoms with Crippen LogP contribution in [0.2, 0.25) is 0 Å². The van der Waals surface area contributed by atoms with Crippen molar-refractivity contribution in [3.63, 3.8) is 0 Å². The van der Waals surface area contributed by atoms with E-state index in [9.17, 15) is 4.79 Å². The molecule has 3 heteroatoms. The van der Waals surface area contributed by atoms with Gasteiger partial charge in [0.2, 0.25) is 5.91 Å². The highest BCUT2D eigenvalue weighted by atomic mass is 16.1. The van der Waals surface area contributed by atoms with E-state index in [2.05, 4.69) is 5.32 Å². The van der Waals surface area contributed by atoms with Crippen LogP contribution in [0.1, 0.15) is 32.6 Å². The summed E-state index contributed by atoms with van der Waals surface area (Å²) < 4.78 is 0. The molecule has 0 aliphatic heterocycles. The molecule has 12 heavy (non-hydrogen) atoms. The molecular formula is C9H14N2O. The lowest BCUT2D eigenvalue weighted by molar-refractivity contribution is -0.127. The lowest BCUT2D eigenvalue weighted by Crippen LogP contribution is -2.39. The molecule has 0 spiro atoms. The summed E-state index contributed by atoms with van der Waals surface area (Å²) in [4.78, 5) is 11.3. The molecule has 3 nitrogen and oxygen atoms in total. The predicted molar refractivity (Wildman–Crippen MR) is 45.2 cm³/mol. The molecule has 0 aromatic carbocycles. The molecule has 1 amide bonds. The number of rotatable bonds is 3. The molecule has 0 aromatic rings. The summed E-state index contributed by atoms with van der Waals surface area (Å²) in [6.45, 7) is 1.86. The van der Waals surface area contributed by atoms with E-state index < -0.39 is 0 Å². The SMILES string of the molecule is CC(CC#N)NC(=O)C1CCC1. The Bertz CT molecular complexity index is 203. The van der Waals surface area contributed by atoms with Crippen LogP contribution in [0.25, 0.3) is 0 Å². The second-order valence-electron chi connectivity index (χ2n) is 3.40. The molecule has 0 aromatic heterocycles. The van der Waals surface area contributed by atoms with E-state index in [1.807, 2.05) is 13.0 Å². The van der Waals surface area contributed by atoms with Gasteiger partial charge in [0.1, 0.15) is 0 Å². The third-order valence-corrected chi connectivity index (χ3v) is 2.26. The summed E-state index contributed by atoms with van der Waals surface area (Å²) in [5.74, 6) is 0.357. The van der Waals surface area contributed by atoms with E-state index in [0.717, 1.165) is 12.8 Å². The van der Waals surface area contributed by atoms with Crippen molar-refractivity contribution >= 4 is 5.91 Å². The van der Waals surface area contributed by atoms with Crippen LogP contribution in [-0.4, -0.2) is 11.9 Å². The van der Waals surface area contributed by atoms with Gasteiger partial charge in [-0.1, -0.05) is 6.42 Å². The summed E-state index contributed by atoms with van der Waals surface area (Å²) in [6.07, 6.45) is 3.61. The van der Waals surface area contributed by atoms with E-state index >= 15 is 0 Å². The first-order chi connectivity index (χ1) is 5.74. The van der Waals surface area contributed by atoms with E-state index in [1.54, 1.807) is 0 Å². The summed E-state index contributed by atoms with van der Waals surface area (Å²) in [5, 5.41) is 11.2. The fourth-order valence-corrected chi connectivity index (χ4v) is 1.22. The maximum absolute atomic E-state index is 11.3. The number of nitrogens with zero attached hydrogens (tertiary/aromatic N) is 1.